The third kappa shape index (κ3) is 3.76. The third-order valence-corrected chi connectivity index (χ3v) is 3.97. The highest BCUT2D eigenvalue weighted by atomic mass is 19.1. The summed E-state index contributed by atoms with van der Waals surface area (Å²) < 4.78 is 13.6. The van der Waals surface area contributed by atoms with E-state index < -0.39 is 0 Å². The van der Waals surface area contributed by atoms with Crippen molar-refractivity contribution < 1.29 is 9.18 Å². The van der Waals surface area contributed by atoms with Crippen LogP contribution in [0.1, 0.15) is 12.5 Å². The van der Waals surface area contributed by atoms with Crippen molar-refractivity contribution in [1.29, 1.82) is 0 Å². The molecule has 0 aliphatic carbocycles. The minimum Gasteiger partial charge on any atom is -0.364 e. The first-order valence-corrected chi connectivity index (χ1v) is 7.81. The lowest BCUT2D eigenvalue weighted by Gasteiger charge is -2.33. The molecule has 0 atom stereocenters. The monoisotopic (exact) mass is 330 g/mol. The lowest BCUT2D eigenvalue weighted by molar-refractivity contribution is -0.129. The molecule has 1 aromatic carbocycles. The van der Waals surface area contributed by atoms with Crippen molar-refractivity contribution in [2.24, 2.45) is 0 Å². The lowest BCUT2D eigenvalue weighted by Crippen LogP contribution is -2.48. The average Bonchev–Trinajstić information content (AvgIpc) is 2.61. The van der Waals surface area contributed by atoms with Gasteiger partial charge in [0, 0.05) is 45.2 Å². The van der Waals surface area contributed by atoms with E-state index in [-0.39, 0.29) is 11.7 Å². The number of carbonyl (C=O) groups excluding carboxylic acids is 1. The predicted octanol–water partition coefficient (Wildman–Crippen LogP) is 1.29. The van der Waals surface area contributed by atoms with Crippen LogP contribution in [0.3, 0.4) is 0 Å². The zero-order valence-corrected chi connectivity index (χ0v) is 13.4. The number of benzene rings is 1. The Kier molecular flexibility index (Phi) is 4.83. The first-order chi connectivity index (χ1) is 11.6. The molecule has 1 saturated heterocycles. The smallest absolute Gasteiger partial charge is 0.247 e. The van der Waals surface area contributed by atoms with Crippen LogP contribution >= 0.6 is 0 Å². The van der Waals surface area contributed by atoms with E-state index in [0.29, 0.717) is 50.1 Å². The van der Waals surface area contributed by atoms with Gasteiger partial charge in [0.15, 0.2) is 5.82 Å². The van der Waals surface area contributed by atoms with Crippen molar-refractivity contribution in [3.63, 3.8) is 0 Å². The van der Waals surface area contributed by atoms with Gasteiger partial charge in [-0.05, 0) is 6.07 Å². The summed E-state index contributed by atoms with van der Waals surface area (Å²) in [4.78, 5) is 19.6. The Morgan fingerprint density at radius 3 is 2.71 bits per heavy atom. The van der Waals surface area contributed by atoms with E-state index >= 15 is 0 Å². The maximum atomic E-state index is 13.6. The van der Waals surface area contributed by atoms with Crippen molar-refractivity contribution in [2.45, 2.75) is 13.5 Å². The van der Waals surface area contributed by atoms with E-state index in [4.69, 9.17) is 0 Å². The molecule has 1 amide bonds. The Morgan fingerprint density at radius 1 is 1.25 bits per heavy atom. The number of nitrogens with one attached hydrogen (secondary N) is 1. The zero-order valence-electron chi connectivity index (χ0n) is 13.4. The fourth-order valence-electron chi connectivity index (χ4n) is 2.56. The second-order valence-electron chi connectivity index (χ2n) is 5.58. The summed E-state index contributed by atoms with van der Waals surface area (Å²) in [7, 11) is 0. The van der Waals surface area contributed by atoms with Crippen LogP contribution in [0.2, 0.25) is 0 Å². The molecule has 0 radical (unpaired) electrons. The van der Waals surface area contributed by atoms with E-state index in [1.54, 1.807) is 30.0 Å². The summed E-state index contributed by atoms with van der Waals surface area (Å²) in [5.41, 5.74) is 0.563. The number of hydrogen-bond donors (Lipinski definition) is 1. The van der Waals surface area contributed by atoms with Gasteiger partial charge < -0.3 is 15.1 Å². The minimum atomic E-state index is -0.257. The van der Waals surface area contributed by atoms with Crippen molar-refractivity contribution in [3.05, 3.63) is 41.8 Å². The van der Waals surface area contributed by atoms with Gasteiger partial charge in [-0.3, -0.25) is 4.79 Å². The van der Waals surface area contributed by atoms with Crippen LogP contribution in [0.15, 0.2) is 30.5 Å². The number of amides is 1. The molecule has 2 heterocycles. The molecule has 24 heavy (non-hydrogen) atoms. The van der Waals surface area contributed by atoms with Crippen LogP contribution in [-0.2, 0) is 11.3 Å². The molecule has 1 aliphatic heterocycles. The second-order valence-corrected chi connectivity index (χ2v) is 5.58. The van der Waals surface area contributed by atoms with Crippen molar-refractivity contribution >= 4 is 17.7 Å². The van der Waals surface area contributed by atoms with Gasteiger partial charge in [0.1, 0.15) is 5.82 Å². The molecule has 0 bridgehead atoms. The van der Waals surface area contributed by atoms with Gasteiger partial charge in [-0.25, -0.2) is 4.39 Å². The van der Waals surface area contributed by atoms with Gasteiger partial charge in [0.2, 0.25) is 11.9 Å². The topological polar surface area (TPSA) is 74.2 Å². The Balaban J connectivity index is 1.62. The third-order valence-electron chi connectivity index (χ3n) is 3.97. The summed E-state index contributed by atoms with van der Waals surface area (Å²) in [6, 6.07) is 6.59. The lowest BCUT2D eigenvalue weighted by atomic mass is 10.2. The first-order valence-electron chi connectivity index (χ1n) is 7.81. The molecule has 3 rings (SSSR count). The quantitative estimate of drug-likeness (QED) is 0.911. The van der Waals surface area contributed by atoms with Crippen LogP contribution in [0.4, 0.5) is 16.2 Å². The molecular formula is C16H19FN6O. The van der Waals surface area contributed by atoms with Crippen molar-refractivity contribution in [1.82, 2.24) is 20.1 Å². The Hall–Kier alpha value is -2.77. The number of hydrogen-bond acceptors (Lipinski definition) is 6. The zero-order chi connectivity index (χ0) is 16.9. The number of aromatic nitrogens is 3. The van der Waals surface area contributed by atoms with E-state index in [1.807, 2.05) is 4.90 Å². The number of rotatable bonds is 4. The van der Waals surface area contributed by atoms with Gasteiger partial charge in [0.25, 0.3) is 0 Å². The molecule has 0 unspecified atom stereocenters. The highest BCUT2D eigenvalue weighted by Crippen LogP contribution is 2.14. The minimum absolute atomic E-state index is 0.0778. The number of nitrogens with zero attached hydrogens (tertiary/aromatic N) is 5. The molecule has 0 saturated carbocycles. The van der Waals surface area contributed by atoms with Crippen LogP contribution in [0, 0.1) is 5.82 Å². The van der Waals surface area contributed by atoms with Gasteiger partial charge in [-0.1, -0.05) is 18.2 Å². The SMILES string of the molecule is CC(=O)N1CCN(c2nncc(NCc3ccccc3F)n2)CC1. The van der Waals surface area contributed by atoms with Gasteiger partial charge in [-0.2, -0.15) is 10.1 Å². The normalized spacial score (nSPS) is 14.6. The largest absolute Gasteiger partial charge is 0.364 e. The molecule has 1 N–H and O–H groups in total. The van der Waals surface area contributed by atoms with Crippen LogP contribution in [0.25, 0.3) is 0 Å². The summed E-state index contributed by atoms with van der Waals surface area (Å²) in [5.74, 6) is 0.871. The average molecular weight is 330 g/mol. The van der Waals surface area contributed by atoms with Crippen LogP contribution in [-0.4, -0.2) is 52.2 Å². The van der Waals surface area contributed by atoms with Gasteiger partial charge in [-0.15, -0.1) is 5.10 Å². The molecule has 7 nitrogen and oxygen atoms in total. The number of anilines is 2. The van der Waals surface area contributed by atoms with Crippen molar-refractivity contribution in [3.8, 4) is 0 Å². The number of piperazine rings is 1. The Morgan fingerprint density at radius 2 is 2.00 bits per heavy atom. The van der Waals surface area contributed by atoms with Crippen molar-refractivity contribution in [2.75, 3.05) is 36.4 Å². The molecular weight excluding hydrogens is 311 g/mol. The molecule has 1 aromatic heterocycles. The Labute approximate surface area is 139 Å². The summed E-state index contributed by atoms with van der Waals surface area (Å²) in [6.45, 7) is 4.51. The van der Waals surface area contributed by atoms with Gasteiger partial charge in [0.05, 0.1) is 6.20 Å². The predicted molar refractivity (Wildman–Crippen MR) is 88.0 cm³/mol. The molecule has 0 spiro atoms. The molecule has 126 valence electrons. The summed E-state index contributed by atoms with van der Waals surface area (Å²) in [6.07, 6.45) is 1.51. The molecule has 1 aliphatic rings. The molecule has 1 fully saturated rings. The van der Waals surface area contributed by atoms with E-state index in [0.717, 1.165) is 0 Å². The fraction of sp³-hybridized carbons (Fsp3) is 0.375. The highest BCUT2D eigenvalue weighted by molar-refractivity contribution is 5.73. The fourth-order valence-corrected chi connectivity index (χ4v) is 2.56. The first kappa shape index (κ1) is 16.1. The number of carbonyl (C=O) groups is 1. The van der Waals surface area contributed by atoms with E-state index in [9.17, 15) is 9.18 Å². The van der Waals surface area contributed by atoms with E-state index in [2.05, 4.69) is 20.5 Å². The summed E-state index contributed by atoms with van der Waals surface area (Å²) in [5, 5.41) is 11.1. The molecule has 2 aromatic rings. The highest BCUT2D eigenvalue weighted by Gasteiger charge is 2.20. The maximum absolute atomic E-state index is 13.6. The van der Waals surface area contributed by atoms with Crippen LogP contribution in [0.5, 0.6) is 0 Å². The standard InChI is InChI=1S/C16H19FN6O/c1-12(24)22-6-8-23(9-7-22)16-20-15(11-19-21-16)18-10-13-4-2-3-5-14(13)17/h2-5,11H,6-10H2,1H3,(H,18,20,21). The Bertz CT molecular complexity index is 717. The summed E-state index contributed by atoms with van der Waals surface area (Å²) >= 11 is 0. The van der Waals surface area contributed by atoms with Gasteiger partial charge >= 0.3 is 0 Å². The van der Waals surface area contributed by atoms with E-state index in [1.165, 1.54) is 12.3 Å². The van der Waals surface area contributed by atoms with Crippen LogP contribution < -0.4 is 10.2 Å². The number of halogens is 1. The maximum Gasteiger partial charge on any atom is 0.247 e. The molecule has 8 heteroatoms. The second kappa shape index (κ2) is 7.20.